The van der Waals surface area contributed by atoms with Crippen LogP contribution in [0.3, 0.4) is 0 Å². The van der Waals surface area contributed by atoms with Crippen molar-refractivity contribution in [3.63, 3.8) is 0 Å². The maximum absolute atomic E-state index is 12.8. The predicted octanol–water partition coefficient (Wildman–Crippen LogP) is 8.35. The number of amides is 2. The molecule has 1 atom stereocenters. The van der Waals surface area contributed by atoms with Crippen LogP contribution in [-0.4, -0.2) is 51.2 Å². The van der Waals surface area contributed by atoms with Crippen LogP contribution >= 0.6 is 11.8 Å². The number of amidine groups is 1. The van der Waals surface area contributed by atoms with Crippen LogP contribution in [0.15, 0.2) is 72.0 Å². The van der Waals surface area contributed by atoms with Gasteiger partial charge in [0, 0.05) is 30.1 Å². The molecule has 1 aromatic heterocycles. The quantitative estimate of drug-likeness (QED) is 0.183. The van der Waals surface area contributed by atoms with Gasteiger partial charge in [-0.15, -0.1) is 18.3 Å². The van der Waals surface area contributed by atoms with Crippen molar-refractivity contribution in [1.29, 1.82) is 0 Å². The first kappa shape index (κ1) is 33.1. The van der Waals surface area contributed by atoms with Gasteiger partial charge < -0.3 is 15.0 Å². The van der Waals surface area contributed by atoms with Crippen LogP contribution < -0.4 is 15.0 Å². The lowest BCUT2D eigenvalue weighted by Crippen LogP contribution is -2.36. The number of ether oxygens (including phenoxy) is 1. The molecule has 0 radical (unpaired) electrons. The Morgan fingerprint density at radius 1 is 1.07 bits per heavy atom. The number of urea groups is 1. The number of aryl methyl sites for hydroxylation is 3. The molecule has 1 unspecified atom stereocenters. The molecule has 4 aromatic rings. The van der Waals surface area contributed by atoms with Gasteiger partial charge in [-0.25, -0.2) is 14.5 Å². The third-order valence-corrected chi connectivity index (χ3v) is 8.81. The summed E-state index contributed by atoms with van der Waals surface area (Å²) >= 11 is 1.63. The maximum Gasteiger partial charge on any atom is 0.573 e. The Morgan fingerprint density at radius 2 is 1.76 bits per heavy atom. The molecule has 2 heterocycles. The summed E-state index contributed by atoms with van der Waals surface area (Å²) in [5.41, 5.74) is 7.28. The molecule has 0 spiro atoms. The van der Waals surface area contributed by atoms with Gasteiger partial charge in [0.2, 0.25) is 0 Å². The fourth-order valence-electron chi connectivity index (χ4n) is 5.64. The molecular weight excluding hydrogens is 613 g/mol. The summed E-state index contributed by atoms with van der Waals surface area (Å²) in [6.45, 7) is 9.85. The molecule has 1 aliphatic rings. The van der Waals surface area contributed by atoms with Gasteiger partial charge >= 0.3 is 12.4 Å². The maximum atomic E-state index is 12.8. The van der Waals surface area contributed by atoms with Gasteiger partial charge in [-0.2, -0.15) is 4.99 Å². The summed E-state index contributed by atoms with van der Waals surface area (Å²) < 4.78 is 42.7. The fourth-order valence-corrected chi connectivity index (χ4v) is 6.58. The zero-order valence-corrected chi connectivity index (χ0v) is 27.1. The standard InChI is InChI=1S/C34H37F3N6O2S/c1-22-19-24(3)30(25(4)20-22)42-17-6-18-46-33(42)40-32(44)38-16-5-7-23(2)26-8-10-27(11-9-26)31-39-21-43(41-31)28-12-14-29(15-13-28)45-34(35,36)37/h8-15,19-21,23H,5-7,16-18H2,1-4H3,(H,38,44). The van der Waals surface area contributed by atoms with E-state index in [2.05, 4.69) is 69.9 Å². The SMILES string of the molecule is Cc1cc(C)c(N2CCCSC2=NC(=O)NCCCC(C)c2ccc(-c3ncn(-c4ccc(OC(F)(F)F)cc4)n3)cc2)c(C)c1. The van der Waals surface area contributed by atoms with Crippen LogP contribution in [0.4, 0.5) is 23.7 Å². The molecule has 0 saturated carbocycles. The summed E-state index contributed by atoms with van der Waals surface area (Å²) in [5, 5.41) is 8.18. The molecule has 0 bridgehead atoms. The van der Waals surface area contributed by atoms with Crippen LogP contribution in [0.1, 0.15) is 54.4 Å². The van der Waals surface area contributed by atoms with Gasteiger partial charge in [-0.05, 0) is 86.9 Å². The zero-order chi connectivity index (χ0) is 32.8. The van der Waals surface area contributed by atoms with E-state index in [9.17, 15) is 18.0 Å². The predicted molar refractivity (Wildman–Crippen MR) is 177 cm³/mol. The van der Waals surface area contributed by atoms with Crippen LogP contribution in [0.2, 0.25) is 0 Å². The highest BCUT2D eigenvalue weighted by Crippen LogP contribution is 2.32. The molecule has 242 valence electrons. The molecule has 5 rings (SSSR count). The number of aromatic nitrogens is 3. The molecular formula is C34H37F3N6O2S. The van der Waals surface area contributed by atoms with Crippen molar-refractivity contribution in [2.24, 2.45) is 4.99 Å². The van der Waals surface area contributed by atoms with Gasteiger partial charge in [0.25, 0.3) is 0 Å². The third kappa shape index (κ3) is 8.48. The van der Waals surface area contributed by atoms with E-state index in [4.69, 9.17) is 0 Å². The van der Waals surface area contributed by atoms with E-state index >= 15 is 0 Å². The molecule has 1 aliphatic heterocycles. The first-order chi connectivity index (χ1) is 22.0. The first-order valence-corrected chi connectivity index (χ1v) is 16.2. The van der Waals surface area contributed by atoms with Gasteiger partial charge in [0.1, 0.15) is 12.1 Å². The molecule has 0 aliphatic carbocycles. The summed E-state index contributed by atoms with van der Waals surface area (Å²) in [7, 11) is 0. The number of nitrogens with zero attached hydrogens (tertiary/aromatic N) is 5. The number of halogens is 3. The summed E-state index contributed by atoms with van der Waals surface area (Å²) in [5.74, 6) is 1.42. The van der Waals surface area contributed by atoms with E-state index in [0.717, 1.165) is 53.5 Å². The third-order valence-electron chi connectivity index (χ3n) is 7.75. The van der Waals surface area contributed by atoms with Crippen molar-refractivity contribution in [3.05, 3.63) is 89.2 Å². The topological polar surface area (TPSA) is 84.6 Å². The van der Waals surface area contributed by atoms with Crippen LogP contribution in [0.5, 0.6) is 5.75 Å². The second kappa shape index (κ2) is 14.4. The number of hydrogen-bond acceptors (Lipinski definition) is 5. The summed E-state index contributed by atoms with van der Waals surface area (Å²) in [6.07, 6.45) is -0.488. The van der Waals surface area contributed by atoms with E-state index in [1.54, 1.807) is 11.8 Å². The minimum absolute atomic E-state index is 0.275. The van der Waals surface area contributed by atoms with Crippen molar-refractivity contribution < 1.29 is 22.7 Å². The second-order valence-corrected chi connectivity index (χ2v) is 12.5. The fraction of sp³-hybridized carbons (Fsp3) is 0.353. The number of hydrogen-bond donors (Lipinski definition) is 1. The molecule has 12 heteroatoms. The number of thioether (sulfide) groups is 1. The zero-order valence-electron chi connectivity index (χ0n) is 26.3. The van der Waals surface area contributed by atoms with Crippen molar-refractivity contribution in [3.8, 4) is 22.8 Å². The largest absolute Gasteiger partial charge is 0.573 e. The lowest BCUT2D eigenvalue weighted by atomic mass is 9.95. The molecule has 8 nitrogen and oxygen atoms in total. The first-order valence-electron chi connectivity index (χ1n) is 15.2. The minimum atomic E-state index is -4.74. The number of aliphatic imine (C=N–C) groups is 1. The average Bonchev–Trinajstić information content (AvgIpc) is 3.50. The number of alkyl halides is 3. The Kier molecular flexibility index (Phi) is 10.4. The van der Waals surface area contributed by atoms with Crippen molar-refractivity contribution in [1.82, 2.24) is 20.1 Å². The minimum Gasteiger partial charge on any atom is -0.406 e. The molecule has 1 fully saturated rings. The van der Waals surface area contributed by atoms with Crippen molar-refractivity contribution in [2.75, 3.05) is 23.7 Å². The summed E-state index contributed by atoms with van der Waals surface area (Å²) in [4.78, 5) is 23.7. The number of rotatable bonds is 9. The lowest BCUT2D eigenvalue weighted by molar-refractivity contribution is -0.274. The number of benzene rings is 3. The molecule has 1 saturated heterocycles. The monoisotopic (exact) mass is 650 g/mol. The normalized spacial score (nSPS) is 15.2. The number of carbonyl (C=O) groups excluding carboxylic acids is 1. The van der Waals surface area contributed by atoms with Gasteiger partial charge in [-0.1, -0.05) is 60.6 Å². The molecule has 3 aromatic carbocycles. The number of anilines is 1. The second-order valence-electron chi connectivity index (χ2n) is 11.4. The Labute approximate surface area is 271 Å². The average molecular weight is 651 g/mol. The lowest BCUT2D eigenvalue weighted by Gasteiger charge is -2.32. The number of nitrogens with one attached hydrogen (secondary N) is 1. The highest BCUT2D eigenvalue weighted by Gasteiger charge is 2.31. The Hall–Kier alpha value is -4.32. The smallest absolute Gasteiger partial charge is 0.406 e. The molecule has 1 N–H and O–H groups in total. The van der Waals surface area contributed by atoms with Crippen LogP contribution in [0.25, 0.3) is 17.1 Å². The summed E-state index contributed by atoms with van der Waals surface area (Å²) in [6, 6.07) is 17.4. The highest BCUT2D eigenvalue weighted by atomic mass is 32.2. The van der Waals surface area contributed by atoms with E-state index < -0.39 is 6.36 Å². The van der Waals surface area contributed by atoms with Crippen LogP contribution in [0, 0.1) is 20.8 Å². The van der Waals surface area contributed by atoms with E-state index in [-0.39, 0.29) is 17.7 Å². The van der Waals surface area contributed by atoms with Gasteiger partial charge in [-0.3, -0.25) is 0 Å². The van der Waals surface area contributed by atoms with E-state index in [1.807, 2.05) is 24.3 Å². The van der Waals surface area contributed by atoms with Gasteiger partial charge in [0.15, 0.2) is 11.0 Å². The van der Waals surface area contributed by atoms with Gasteiger partial charge in [0.05, 0.1) is 5.69 Å². The molecule has 2 amide bonds. The Balaban J connectivity index is 1.11. The van der Waals surface area contributed by atoms with Crippen molar-refractivity contribution in [2.45, 2.75) is 59.2 Å². The Morgan fingerprint density at radius 3 is 2.43 bits per heavy atom. The molecule has 46 heavy (non-hydrogen) atoms. The van der Waals surface area contributed by atoms with E-state index in [1.165, 1.54) is 52.0 Å². The number of carbonyl (C=O) groups is 1. The Bertz CT molecular complexity index is 1660. The highest BCUT2D eigenvalue weighted by molar-refractivity contribution is 8.14. The van der Waals surface area contributed by atoms with Crippen LogP contribution in [-0.2, 0) is 0 Å². The van der Waals surface area contributed by atoms with E-state index in [0.29, 0.717) is 18.1 Å². The van der Waals surface area contributed by atoms with Crippen molar-refractivity contribution >= 4 is 28.6 Å².